The van der Waals surface area contributed by atoms with E-state index in [-0.39, 0.29) is 5.56 Å². The normalized spacial score (nSPS) is 9.62. The molecule has 0 atom stereocenters. The molecule has 0 amide bonds. The SMILES string of the molecule is [B]c1cc(=O)n(C)[nH]1. The maximum Gasteiger partial charge on any atom is 0.265 e. The van der Waals surface area contributed by atoms with Gasteiger partial charge in [0.1, 0.15) is 7.85 Å². The van der Waals surface area contributed by atoms with E-state index in [0.717, 1.165) is 0 Å². The molecule has 0 fully saturated rings. The van der Waals surface area contributed by atoms with Gasteiger partial charge in [0.05, 0.1) is 0 Å². The summed E-state index contributed by atoms with van der Waals surface area (Å²) in [6, 6.07) is 1.33. The fourth-order valence-electron chi connectivity index (χ4n) is 0.511. The molecular weight excluding hydrogens is 103 g/mol. The van der Waals surface area contributed by atoms with E-state index in [2.05, 4.69) is 5.10 Å². The first kappa shape index (κ1) is 5.22. The van der Waals surface area contributed by atoms with Crippen LogP contribution in [0.3, 0.4) is 0 Å². The van der Waals surface area contributed by atoms with Gasteiger partial charge in [-0.1, -0.05) is 0 Å². The number of nitrogens with one attached hydrogen (secondary N) is 1. The first-order valence-corrected chi connectivity index (χ1v) is 2.21. The van der Waals surface area contributed by atoms with Crippen molar-refractivity contribution in [2.75, 3.05) is 0 Å². The predicted molar refractivity (Wildman–Crippen MR) is 31.4 cm³/mol. The van der Waals surface area contributed by atoms with E-state index in [4.69, 9.17) is 7.85 Å². The lowest BCUT2D eigenvalue weighted by Gasteiger charge is -1.83. The van der Waals surface area contributed by atoms with Gasteiger partial charge in [0.15, 0.2) is 0 Å². The van der Waals surface area contributed by atoms with E-state index in [9.17, 15) is 4.79 Å². The summed E-state index contributed by atoms with van der Waals surface area (Å²) in [7, 11) is 6.81. The van der Waals surface area contributed by atoms with Crippen LogP contribution in [0.1, 0.15) is 0 Å². The molecule has 1 heterocycles. The van der Waals surface area contributed by atoms with E-state index in [1.165, 1.54) is 10.7 Å². The third-order valence-corrected chi connectivity index (χ3v) is 0.906. The maximum atomic E-state index is 10.5. The molecular formula is C4H5BN2O. The van der Waals surface area contributed by atoms with Crippen LogP contribution in [0, 0.1) is 0 Å². The van der Waals surface area contributed by atoms with Gasteiger partial charge in [0.25, 0.3) is 5.56 Å². The molecule has 0 aliphatic heterocycles. The van der Waals surface area contributed by atoms with Crippen LogP contribution in [0.15, 0.2) is 10.9 Å². The number of aromatic amines is 1. The van der Waals surface area contributed by atoms with Crippen molar-refractivity contribution in [3.05, 3.63) is 16.4 Å². The van der Waals surface area contributed by atoms with Gasteiger partial charge in [-0.25, -0.2) is 0 Å². The molecule has 0 unspecified atom stereocenters. The summed E-state index contributed by atoms with van der Waals surface area (Å²) < 4.78 is 1.31. The number of hydrogen-bond acceptors (Lipinski definition) is 1. The summed E-state index contributed by atoms with van der Waals surface area (Å²) in [4.78, 5) is 10.5. The topological polar surface area (TPSA) is 37.8 Å². The number of aryl methyl sites for hydroxylation is 1. The number of H-pyrrole nitrogens is 1. The molecule has 0 bridgehead atoms. The zero-order chi connectivity index (χ0) is 6.15. The molecule has 1 aromatic rings. The average Bonchev–Trinajstić information content (AvgIpc) is 1.85. The van der Waals surface area contributed by atoms with Crippen molar-refractivity contribution in [3.8, 4) is 0 Å². The van der Waals surface area contributed by atoms with Crippen LogP contribution in [-0.4, -0.2) is 17.6 Å². The minimum absolute atomic E-state index is 0.109. The van der Waals surface area contributed by atoms with Crippen molar-refractivity contribution in [2.24, 2.45) is 7.05 Å². The molecule has 2 radical (unpaired) electrons. The lowest BCUT2D eigenvalue weighted by molar-refractivity contribution is 0.747. The molecule has 40 valence electrons. The van der Waals surface area contributed by atoms with Gasteiger partial charge in [-0.2, -0.15) is 0 Å². The predicted octanol–water partition coefficient (Wildman–Crippen LogP) is -1.49. The quantitative estimate of drug-likeness (QED) is 0.404. The first-order chi connectivity index (χ1) is 3.70. The second-order valence-electron chi connectivity index (χ2n) is 1.61. The third kappa shape index (κ3) is 0.687. The molecule has 0 saturated carbocycles. The van der Waals surface area contributed by atoms with E-state index < -0.39 is 0 Å². The molecule has 3 nitrogen and oxygen atoms in total. The molecule has 4 heteroatoms. The second-order valence-corrected chi connectivity index (χ2v) is 1.61. The van der Waals surface area contributed by atoms with Crippen molar-refractivity contribution >= 4 is 13.4 Å². The van der Waals surface area contributed by atoms with Crippen molar-refractivity contribution < 1.29 is 0 Å². The Kier molecular flexibility index (Phi) is 1.01. The maximum absolute atomic E-state index is 10.5. The van der Waals surface area contributed by atoms with E-state index >= 15 is 0 Å². The van der Waals surface area contributed by atoms with Crippen LogP contribution in [0.5, 0.6) is 0 Å². The van der Waals surface area contributed by atoms with E-state index in [0.29, 0.717) is 5.59 Å². The number of rotatable bonds is 0. The lowest BCUT2D eigenvalue weighted by Crippen LogP contribution is -2.10. The van der Waals surface area contributed by atoms with Crippen LogP contribution < -0.4 is 11.2 Å². The zero-order valence-corrected chi connectivity index (χ0v) is 4.51. The lowest BCUT2D eigenvalue weighted by atomic mass is 10.1. The summed E-state index contributed by atoms with van der Waals surface area (Å²) in [6.07, 6.45) is 0. The summed E-state index contributed by atoms with van der Waals surface area (Å²) in [5, 5.41) is 2.59. The Labute approximate surface area is 47.7 Å². The molecule has 0 aliphatic rings. The fourth-order valence-corrected chi connectivity index (χ4v) is 0.511. The van der Waals surface area contributed by atoms with Crippen molar-refractivity contribution in [3.63, 3.8) is 0 Å². The molecule has 1 aromatic heterocycles. The van der Waals surface area contributed by atoms with Crippen molar-refractivity contribution in [2.45, 2.75) is 0 Å². The van der Waals surface area contributed by atoms with Gasteiger partial charge in [0.2, 0.25) is 0 Å². The smallest absolute Gasteiger partial charge is 0.265 e. The highest BCUT2D eigenvalue weighted by atomic mass is 16.1. The standard InChI is InChI=1S/C4H5BN2O/c1-7-4(8)2-3(5)6-7/h2,6H,1H3. The van der Waals surface area contributed by atoms with E-state index in [1.54, 1.807) is 7.05 Å². The van der Waals surface area contributed by atoms with Crippen LogP contribution in [-0.2, 0) is 7.05 Å². The van der Waals surface area contributed by atoms with Crippen LogP contribution in [0.25, 0.3) is 0 Å². The summed E-state index contributed by atoms with van der Waals surface area (Å²) >= 11 is 0. The minimum Gasteiger partial charge on any atom is -0.311 e. The Morgan fingerprint density at radius 2 is 2.50 bits per heavy atom. The fraction of sp³-hybridized carbons (Fsp3) is 0.250. The summed E-state index contributed by atoms with van der Waals surface area (Å²) in [5.74, 6) is 0. The van der Waals surface area contributed by atoms with Crippen LogP contribution in [0.4, 0.5) is 0 Å². The van der Waals surface area contributed by atoms with Crippen molar-refractivity contribution in [1.29, 1.82) is 0 Å². The van der Waals surface area contributed by atoms with E-state index in [1.807, 2.05) is 0 Å². The van der Waals surface area contributed by atoms with Crippen molar-refractivity contribution in [1.82, 2.24) is 9.78 Å². The van der Waals surface area contributed by atoms with Gasteiger partial charge in [-0.3, -0.25) is 9.48 Å². The average molecular weight is 108 g/mol. The van der Waals surface area contributed by atoms with Gasteiger partial charge < -0.3 is 5.10 Å². The molecule has 0 aromatic carbocycles. The molecule has 8 heavy (non-hydrogen) atoms. The second kappa shape index (κ2) is 1.54. The Bertz CT molecular complexity index is 236. The number of hydrogen-bond donors (Lipinski definition) is 1. The van der Waals surface area contributed by atoms with Gasteiger partial charge in [-0.05, 0) is 5.59 Å². The number of nitrogens with zero attached hydrogens (tertiary/aromatic N) is 1. The third-order valence-electron chi connectivity index (χ3n) is 0.906. The summed E-state index contributed by atoms with van der Waals surface area (Å²) in [6.45, 7) is 0. The monoisotopic (exact) mass is 108 g/mol. The van der Waals surface area contributed by atoms with Gasteiger partial charge >= 0.3 is 0 Å². The first-order valence-electron chi connectivity index (χ1n) is 2.21. The van der Waals surface area contributed by atoms with Gasteiger partial charge in [0, 0.05) is 13.1 Å². The molecule has 0 saturated heterocycles. The highest BCUT2D eigenvalue weighted by Gasteiger charge is 1.89. The molecule has 0 spiro atoms. The van der Waals surface area contributed by atoms with Crippen LogP contribution in [0.2, 0.25) is 0 Å². The number of aromatic nitrogens is 2. The largest absolute Gasteiger partial charge is 0.311 e. The Balaban J connectivity index is 3.35. The van der Waals surface area contributed by atoms with Gasteiger partial charge in [-0.15, -0.1) is 0 Å². The molecule has 1 rings (SSSR count). The summed E-state index contributed by atoms with van der Waals surface area (Å²) in [5.41, 5.74) is 0.292. The highest BCUT2D eigenvalue weighted by molar-refractivity contribution is 6.30. The van der Waals surface area contributed by atoms with Crippen LogP contribution >= 0.6 is 0 Å². The Morgan fingerprint density at radius 1 is 1.88 bits per heavy atom. The Morgan fingerprint density at radius 3 is 2.62 bits per heavy atom. The zero-order valence-electron chi connectivity index (χ0n) is 4.51. The molecule has 0 aliphatic carbocycles. The minimum atomic E-state index is -0.109. The Hall–Kier alpha value is -0.925. The molecule has 1 N–H and O–H groups in total. The highest BCUT2D eigenvalue weighted by Crippen LogP contribution is 1.58.